The standard InChI is InChI=1S/C29H34FN5O2Si/c1-38(2,3)15-14-37-20-34-12-8-24-28-25(18-32-29(24)34)27(36)9-13-35(28)23-6-10-33(11-7-23)19-22-5-4-21(17-31)16-26(22)30/h4-5,8-9,12-13,16,18,23H,6-7,10-11,14-15,19-20H2,1-3H3. The van der Waals surface area contributed by atoms with E-state index >= 15 is 0 Å². The minimum atomic E-state index is -1.16. The zero-order valence-electron chi connectivity index (χ0n) is 22.3. The summed E-state index contributed by atoms with van der Waals surface area (Å²) in [6, 6.07) is 11.7. The highest BCUT2D eigenvalue weighted by Crippen LogP contribution is 2.30. The summed E-state index contributed by atoms with van der Waals surface area (Å²) in [6.45, 7) is 10.3. The molecule has 4 heterocycles. The van der Waals surface area contributed by atoms with Crippen molar-refractivity contribution < 1.29 is 9.13 Å². The van der Waals surface area contributed by atoms with Gasteiger partial charge in [0.1, 0.15) is 18.2 Å². The highest BCUT2D eigenvalue weighted by molar-refractivity contribution is 6.76. The van der Waals surface area contributed by atoms with Gasteiger partial charge in [-0.2, -0.15) is 5.26 Å². The number of hydrogen-bond donors (Lipinski definition) is 0. The molecule has 3 aromatic heterocycles. The molecule has 1 fully saturated rings. The summed E-state index contributed by atoms with van der Waals surface area (Å²) in [4.78, 5) is 19.6. The molecule has 0 unspecified atom stereocenters. The third kappa shape index (κ3) is 5.58. The Morgan fingerprint density at radius 1 is 1.13 bits per heavy atom. The first kappa shape index (κ1) is 26.3. The van der Waals surface area contributed by atoms with E-state index in [0.717, 1.165) is 55.1 Å². The van der Waals surface area contributed by atoms with E-state index in [9.17, 15) is 9.18 Å². The second-order valence-corrected chi connectivity index (χ2v) is 17.0. The Morgan fingerprint density at radius 2 is 1.92 bits per heavy atom. The summed E-state index contributed by atoms with van der Waals surface area (Å²) in [5, 5.41) is 10.6. The van der Waals surface area contributed by atoms with Crippen LogP contribution in [0.5, 0.6) is 0 Å². The van der Waals surface area contributed by atoms with Gasteiger partial charge in [0.05, 0.1) is 22.5 Å². The van der Waals surface area contributed by atoms with Gasteiger partial charge in [0.25, 0.3) is 0 Å². The van der Waals surface area contributed by atoms with Crippen LogP contribution in [-0.4, -0.2) is 46.8 Å². The monoisotopic (exact) mass is 531 g/mol. The first-order chi connectivity index (χ1) is 18.2. The van der Waals surface area contributed by atoms with Crippen molar-refractivity contribution in [2.45, 2.75) is 57.8 Å². The number of hydrogen-bond acceptors (Lipinski definition) is 5. The van der Waals surface area contributed by atoms with Gasteiger partial charge in [-0.3, -0.25) is 9.69 Å². The maximum Gasteiger partial charge on any atom is 0.190 e. The van der Waals surface area contributed by atoms with Crippen LogP contribution >= 0.6 is 0 Å². The lowest BCUT2D eigenvalue weighted by molar-refractivity contribution is 0.0899. The number of pyridine rings is 2. The lowest BCUT2D eigenvalue weighted by Gasteiger charge is -2.34. The second-order valence-electron chi connectivity index (χ2n) is 11.4. The molecule has 7 nitrogen and oxygen atoms in total. The average Bonchev–Trinajstić information content (AvgIpc) is 3.31. The van der Waals surface area contributed by atoms with Crippen molar-refractivity contribution in [2.24, 2.45) is 0 Å². The number of nitriles is 1. The van der Waals surface area contributed by atoms with Crippen LogP contribution in [0, 0.1) is 17.1 Å². The molecular formula is C29H34FN5O2Si. The molecule has 0 radical (unpaired) electrons. The zero-order chi connectivity index (χ0) is 26.9. The zero-order valence-corrected chi connectivity index (χ0v) is 23.3. The van der Waals surface area contributed by atoms with E-state index in [1.54, 1.807) is 24.4 Å². The van der Waals surface area contributed by atoms with Crippen LogP contribution in [0.2, 0.25) is 25.7 Å². The van der Waals surface area contributed by atoms with Gasteiger partial charge in [-0.1, -0.05) is 25.7 Å². The summed E-state index contributed by atoms with van der Waals surface area (Å²) >= 11 is 0. The van der Waals surface area contributed by atoms with Crippen LogP contribution in [0.4, 0.5) is 4.39 Å². The van der Waals surface area contributed by atoms with Gasteiger partial charge in [-0.25, -0.2) is 9.37 Å². The normalized spacial score (nSPS) is 15.3. The molecule has 1 saturated heterocycles. The van der Waals surface area contributed by atoms with Gasteiger partial charge in [0.2, 0.25) is 0 Å². The molecule has 1 aromatic carbocycles. The molecule has 1 aliphatic rings. The minimum absolute atomic E-state index is 0.0292. The van der Waals surface area contributed by atoms with Crippen LogP contribution in [0.1, 0.15) is 30.0 Å². The summed E-state index contributed by atoms with van der Waals surface area (Å²) in [7, 11) is -1.16. The molecule has 0 atom stereocenters. The number of likely N-dealkylation sites (tertiary alicyclic amines) is 1. The van der Waals surface area contributed by atoms with Crippen LogP contribution in [0.3, 0.4) is 0 Å². The Bertz CT molecular complexity index is 1560. The summed E-state index contributed by atoms with van der Waals surface area (Å²) in [5.74, 6) is -0.332. The predicted octanol–water partition coefficient (Wildman–Crippen LogP) is 5.51. The van der Waals surface area contributed by atoms with E-state index in [1.165, 1.54) is 6.07 Å². The van der Waals surface area contributed by atoms with Crippen molar-refractivity contribution in [1.82, 2.24) is 19.0 Å². The molecule has 0 amide bonds. The van der Waals surface area contributed by atoms with Gasteiger partial charge in [-0.05, 0) is 37.1 Å². The molecule has 1 aliphatic heterocycles. The minimum Gasteiger partial charge on any atom is -0.361 e. The molecule has 0 saturated carbocycles. The predicted molar refractivity (Wildman–Crippen MR) is 150 cm³/mol. The van der Waals surface area contributed by atoms with E-state index in [4.69, 9.17) is 10.00 Å². The first-order valence-electron chi connectivity index (χ1n) is 13.2. The molecule has 38 heavy (non-hydrogen) atoms. The van der Waals surface area contributed by atoms with Crippen LogP contribution in [0.25, 0.3) is 21.9 Å². The smallest absolute Gasteiger partial charge is 0.190 e. The van der Waals surface area contributed by atoms with E-state index < -0.39 is 8.07 Å². The van der Waals surface area contributed by atoms with E-state index in [-0.39, 0.29) is 17.3 Å². The van der Waals surface area contributed by atoms with Crippen molar-refractivity contribution in [3.05, 3.63) is 76.1 Å². The Balaban J connectivity index is 1.35. The Morgan fingerprint density at radius 3 is 2.63 bits per heavy atom. The molecule has 0 spiro atoms. The maximum absolute atomic E-state index is 14.4. The fourth-order valence-electron chi connectivity index (χ4n) is 5.19. The van der Waals surface area contributed by atoms with Crippen LogP contribution in [-0.2, 0) is 18.0 Å². The van der Waals surface area contributed by atoms with Crippen molar-refractivity contribution in [3.63, 3.8) is 0 Å². The highest BCUT2D eigenvalue weighted by Gasteiger charge is 2.23. The quantitative estimate of drug-likeness (QED) is 0.221. The topological polar surface area (TPSA) is 76.1 Å². The number of halogens is 1. The number of piperidine rings is 1. The van der Waals surface area contributed by atoms with Crippen molar-refractivity contribution in [1.29, 1.82) is 5.26 Å². The molecule has 0 aliphatic carbocycles. The molecule has 0 N–H and O–H groups in total. The second kappa shape index (κ2) is 10.8. The maximum atomic E-state index is 14.4. The fourth-order valence-corrected chi connectivity index (χ4v) is 5.94. The number of fused-ring (bicyclic) bond motifs is 3. The van der Waals surface area contributed by atoms with Gasteiger partial charge in [0.15, 0.2) is 5.43 Å². The van der Waals surface area contributed by atoms with Gasteiger partial charge in [0, 0.05) is 76.0 Å². The van der Waals surface area contributed by atoms with Crippen molar-refractivity contribution in [3.8, 4) is 6.07 Å². The van der Waals surface area contributed by atoms with E-state index in [1.807, 2.05) is 29.1 Å². The number of rotatable bonds is 8. The molecule has 4 aromatic rings. The Kier molecular flexibility index (Phi) is 7.48. The molecule has 9 heteroatoms. The summed E-state index contributed by atoms with van der Waals surface area (Å²) in [5.41, 5.74) is 2.65. The van der Waals surface area contributed by atoms with Gasteiger partial charge in [-0.15, -0.1) is 0 Å². The Labute approximate surface area is 223 Å². The largest absolute Gasteiger partial charge is 0.361 e. The highest BCUT2D eigenvalue weighted by atomic mass is 28.3. The molecule has 198 valence electrons. The lowest BCUT2D eigenvalue weighted by atomic mass is 10.0. The van der Waals surface area contributed by atoms with Crippen molar-refractivity contribution in [2.75, 3.05) is 19.7 Å². The number of nitrogens with zero attached hydrogens (tertiary/aromatic N) is 5. The fraction of sp³-hybridized carbons (Fsp3) is 0.414. The van der Waals surface area contributed by atoms with Crippen LogP contribution < -0.4 is 5.43 Å². The Hall–Kier alpha value is -3.32. The molecule has 5 rings (SSSR count). The number of aromatic nitrogens is 3. The third-order valence-corrected chi connectivity index (χ3v) is 9.13. The lowest BCUT2D eigenvalue weighted by Crippen LogP contribution is -2.34. The average molecular weight is 532 g/mol. The number of benzene rings is 1. The van der Waals surface area contributed by atoms with E-state index in [0.29, 0.717) is 29.8 Å². The van der Waals surface area contributed by atoms with Gasteiger partial charge >= 0.3 is 0 Å². The van der Waals surface area contributed by atoms with Crippen LogP contribution in [0.15, 0.2) is 53.7 Å². The first-order valence-corrected chi connectivity index (χ1v) is 16.9. The SMILES string of the molecule is C[Si](C)(C)CCOCn1ccc2c1ncc1c(=O)ccn(C3CCN(Cc4ccc(C#N)cc4F)CC3)c12. The van der Waals surface area contributed by atoms with Crippen molar-refractivity contribution >= 4 is 30.0 Å². The van der Waals surface area contributed by atoms with Gasteiger partial charge < -0.3 is 13.9 Å². The number of ether oxygens (including phenoxy) is 1. The van der Waals surface area contributed by atoms with E-state index in [2.05, 4.69) is 34.1 Å². The molecular weight excluding hydrogens is 497 g/mol. The summed E-state index contributed by atoms with van der Waals surface area (Å²) in [6.07, 6.45) is 7.37. The third-order valence-electron chi connectivity index (χ3n) is 7.42. The molecule has 0 bridgehead atoms. The summed E-state index contributed by atoms with van der Waals surface area (Å²) < 4.78 is 24.6.